The molecule has 0 heterocycles. The number of rotatable bonds is 0. The summed E-state index contributed by atoms with van der Waals surface area (Å²) in [6.07, 6.45) is 4.81. The minimum Gasteiger partial charge on any atom is -0.508 e. The van der Waals surface area contributed by atoms with E-state index in [-0.39, 0.29) is 0 Å². The van der Waals surface area contributed by atoms with Crippen molar-refractivity contribution in [3.05, 3.63) is 30.3 Å². The average Bonchev–Trinajstić information content (AvgIpc) is 2.07. The highest BCUT2D eigenvalue weighted by Crippen LogP contribution is 2.02. The maximum atomic E-state index is 8.94. The van der Waals surface area contributed by atoms with Gasteiger partial charge in [0.2, 0.25) is 0 Å². The molecule has 0 saturated heterocycles. The molecule has 0 atom stereocenters. The number of carbonyl (C=O) groups is 1. The van der Waals surface area contributed by atoms with Gasteiger partial charge in [-0.15, -0.1) is 6.42 Å². The standard InChI is InChI=1S/C6H6O.C3H2O/c7-6-4-2-1-3-5-6;1-2-3-4/h1-5,7H;1,3H. The van der Waals surface area contributed by atoms with E-state index >= 15 is 0 Å². The lowest BCUT2D eigenvalue weighted by Gasteiger charge is -1.82. The zero-order valence-electron chi connectivity index (χ0n) is 5.90. The third kappa shape index (κ3) is 6.13. The first kappa shape index (κ1) is 9.25. The average molecular weight is 148 g/mol. The SMILES string of the molecule is C#CC=O.Oc1ccccc1. The van der Waals surface area contributed by atoms with E-state index in [0.717, 1.165) is 0 Å². The summed E-state index contributed by atoms with van der Waals surface area (Å²) in [7, 11) is 0. The van der Waals surface area contributed by atoms with Crippen LogP contribution in [-0.4, -0.2) is 11.4 Å². The van der Waals surface area contributed by atoms with Gasteiger partial charge in [0.1, 0.15) is 5.75 Å². The lowest BCUT2D eigenvalue weighted by Crippen LogP contribution is -1.56. The van der Waals surface area contributed by atoms with Gasteiger partial charge in [-0.05, 0) is 18.1 Å². The van der Waals surface area contributed by atoms with Crippen LogP contribution in [0.25, 0.3) is 0 Å². The van der Waals surface area contributed by atoms with E-state index in [9.17, 15) is 0 Å². The predicted octanol–water partition coefficient (Wildman–Crippen LogP) is 1.21. The minimum atomic E-state index is 0.322. The summed E-state index contributed by atoms with van der Waals surface area (Å²) in [6.45, 7) is 0. The molecule has 56 valence electrons. The number of hydrogen-bond donors (Lipinski definition) is 1. The molecule has 2 nitrogen and oxygen atoms in total. The van der Waals surface area contributed by atoms with E-state index in [1.807, 2.05) is 6.07 Å². The highest BCUT2D eigenvalue weighted by atomic mass is 16.3. The predicted molar refractivity (Wildman–Crippen MR) is 43.0 cm³/mol. The van der Waals surface area contributed by atoms with Crippen molar-refractivity contribution in [2.75, 3.05) is 0 Å². The van der Waals surface area contributed by atoms with Crippen molar-refractivity contribution in [1.29, 1.82) is 0 Å². The number of carbonyl (C=O) groups excluding carboxylic acids is 1. The van der Waals surface area contributed by atoms with Gasteiger partial charge in [-0.3, -0.25) is 4.79 Å². The number of para-hydroxylation sites is 1. The summed E-state index contributed by atoms with van der Waals surface area (Å²) < 4.78 is 0. The van der Waals surface area contributed by atoms with Crippen LogP contribution >= 0.6 is 0 Å². The van der Waals surface area contributed by atoms with E-state index < -0.39 is 0 Å². The lowest BCUT2D eigenvalue weighted by atomic mass is 10.3. The monoisotopic (exact) mass is 148 g/mol. The molecule has 0 aliphatic rings. The van der Waals surface area contributed by atoms with Gasteiger partial charge in [0.15, 0.2) is 6.29 Å². The van der Waals surface area contributed by atoms with Crippen molar-refractivity contribution in [2.24, 2.45) is 0 Å². The Labute approximate surface area is 65.5 Å². The second kappa shape index (κ2) is 6.37. The van der Waals surface area contributed by atoms with Crippen LogP contribution in [0.2, 0.25) is 0 Å². The van der Waals surface area contributed by atoms with E-state index in [1.165, 1.54) is 0 Å². The molecule has 1 rings (SSSR count). The van der Waals surface area contributed by atoms with E-state index in [1.54, 1.807) is 30.2 Å². The summed E-state index contributed by atoms with van der Waals surface area (Å²) in [5, 5.41) is 8.63. The maximum Gasteiger partial charge on any atom is 0.192 e. The number of phenolic OH excluding ortho intramolecular Hbond substituents is 1. The zero-order valence-corrected chi connectivity index (χ0v) is 5.90. The second-order valence-electron chi connectivity index (χ2n) is 1.62. The molecule has 0 unspecified atom stereocenters. The van der Waals surface area contributed by atoms with Gasteiger partial charge in [-0.2, -0.15) is 0 Å². The molecule has 1 aromatic rings. The molecule has 0 amide bonds. The molecule has 0 aliphatic heterocycles. The quantitative estimate of drug-likeness (QED) is 0.443. The largest absolute Gasteiger partial charge is 0.508 e. The van der Waals surface area contributed by atoms with Crippen molar-refractivity contribution in [2.45, 2.75) is 0 Å². The number of hydrogen-bond acceptors (Lipinski definition) is 2. The first-order chi connectivity index (χ1) is 5.31. The number of benzene rings is 1. The van der Waals surface area contributed by atoms with Crippen LogP contribution in [0.15, 0.2) is 30.3 Å². The molecule has 0 saturated carbocycles. The molecular formula is C9H8O2. The highest BCUT2D eigenvalue weighted by Gasteiger charge is 1.74. The summed E-state index contributed by atoms with van der Waals surface area (Å²) in [6, 6.07) is 8.71. The summed E-state index contributed by atoms with van der Waals surface area (Å²) in [4.78, 5) is 8.94. The molecule has 0 fully saturated rings. The van der Waals surface area contributed by atoms with Gasteiger partial charge < -0.3 is 5.11 Å². The molecule has 1 N–H and O–H groups in total. The summed E-state index contributed by atoms with van der Waals surface area (Å²) in [5.41, 5.74) is 0. The van der Waals surface area contributed by atoms with E-state index in [0.29, 0.717) is 12.0 Å². The van der Waals surface area contributed by atoms with Crippen molar-refractivity contribution in [1.82, 2.24) is 0 Å². The number of aldehydes is 1. The Morgan fingerprint density at radius 1 is 1.36 bits per heavy atom. The third-order valence-corrected chi connectivity index (χ3v) is 0.824. The van der Waals surface area contributed by atoms with Gasteiger partial charge in [0.25, 0.3) is 0 Å². The zero-order chi connectivity index (χ0) is 8.53. The third-order valence-electron chi connectivity index (χ3n) is 0.824. The maximum absolute atomic E-state index is 8.94. The molecule has 1 aromatic carbocycles. The Morgan fingerprint density at radius 3 is 2.00 bits per heavy atom. The van der Waals surface area contributed by atoms with Crippen LogP contribution in [0.3, 0.4) is 0 Å². The normalized spacial score (nSPS) is 6.82. The number of terminal acetylenes is 1. The van der Waals surface area contributed by atoms with E-state index in [4.69, 9.17) is 9.90 Å². The van der Waals surface area contributed by atoms with Gasteiger partial charge in [-0.25, -0.2) is 0 Å². The fourth-order valence-electron chi connectivity index (χ4n) is 0.428. The Kier molecular flexibility index (Phi) is 5.36. The molecule has 0 spiro atoms. The van der Waals surface area contributed by atoms with E-state index in [2.05, 4.69) is 6.42 Å². The van der Waals surface area contributed by atoms with Gasteiger partial charge in [-0.1, -0.05) is 18.2 Å². The number of aromatic hydroxyl groups is 1. The first-order valence-corrected chi connectivity index (χ1v) is 2.95. The van der Waals surface area contributed by atoms with Crippen molar-refractivity contribution in [3.63, 3.8) is 0 Å². The fraction of sp³-hybridized carbons (Fsp3) is 0. The molecule has 0 aromatic heterocycles. The van der Waals surface area contributed by atoms with Gasteiger partial charge in [0.05, 0.1) is 0 Å². The molecule has 0 bridgehead atoms. The molecular weight excluding hydrogens is 140 g/mol. The first-order valence-electron chi connectivity index (χ1n) is 2.95. The van der Waals surface area contributed by atoms with Gasteiger partial charge >= 0.3 is 0 Å². The molecule has 0 radical (unpaired) electrons. The Bertz CT molecular complexity index is 233. The Hall–Kier alpha value is -1.75. The van der Waals surface area contributed by atoms with Gasteiger partial charge in [0, 0.05) is 0 Å². The van der Waals surface area contributed by atoms with Crippen LogP contribution < -0.4 is 0 Å². The van der Waals surface area contributed by atoms with Crippen LogP contribution in [0.5, 0.6) is 5.75 Å². The molecule has 0 aliphatic carbocycles. The highest BCUT2D eigenvalue weighted by molar-refractivity contribution is 5.71. The summed E-state index contributed by atoms with van der Waals surface area (Å²) in [5.74, 6) is 2.07. The minimum absolute atomic E-state index is 0.322. The Morgan fingerprint density at radius 2 is 1.82 bits per heavy atom. The molecule has 11 heavy (non-hydrogen) atoms. The van der Waals surface area contributed by atoms with Crippen LogP contribution in [0.4, 0.5) is 0 Å². The van der Waals surface area contributed by atoms with Crippen molar-refractivity contribution >= 4 is 6.29 Å². The second-order valence-corrected chi connectivity index (χ2v) is 1.62. The van der Waals surface area contributed by atoms with Crippen molar-refractivity contribution in [3.8, 4) is 18.1 Å². The summed E-state index contributed by atoms with van der Waals surface area (Å²) >= 11 is 0. The van der Waals surface area contributed by atoms with Crippen LogP contribution in [-0.2, 0) is 4.79 Å². The molecule has 2 heteroatoms. The number of phenols is 1. The fourth-order valence-corrected chi connectivity index (χ4v) is 0.428. The Balaban J connectivity index is 0.000000218. The topological polar surface area (TPSA) is 37.3 Å². The van der Waals surface area contributed by atoms with Crippen LogP contribution in [0, 0.1) is 12.3 Å². The van der Waals surface area contributed by atoms with Crippen molar-refractivity contribution < 1.29 is 9.90 Å². The smallest absolute Gasteiger partial charge is 0.192 e. The lowest BCUT2D eigenvalue weighted by molar-refractivity contribution is -0.103. The van der Waals surface area contributed by atoms with Crippen LogP contribution in [0.1, 0.15) is 0 Å².